The summed E-state index contributed by atoms with van der Waals surface area (Å²) in [5, 5.41) is 9.99. The van der Waals surface area contributed by atoms with Gasteiger partial charge >= 0.3 is 12.1 Å². The zero-order valence-corrected chi connectivity index (χ0v) is 20.0. The van der Waals surface area contributed by atoms with Crippen LogP contribution in [0.5, 0.6) is 0 Å². The predicted octanol–water partition coefficient (Wildman–Crippen LogP) is 4.09. The first kappa shape index (κ1) is 28.7. The molecule has 204 valence electrons. The number of halogens is 7. The molecule has 16 heteroatoms. The topological polar surface area (TPSA) is 112 Å². The lowest BCUT2D eigenvalue weighted by Crippen LogP contribution is -2.49. The highest BCUT2D eigenvalue weighted by atomic mass is 35.5. The van der Waals surface area contributed by atoms with Crippen molar-refractivity contribution in [3.05, 3.63) is 53.1 Å². The Morgan fingerprint density at radius 1 is 1.08 bits per heavy atom. The zero-order valence-electron chi connectivity index (χ0n) is 19.2. The Balaban J connectivity index is 0.000000505. The Kier molecular flexibility index (Phi) is 9.14. The molecule has 0 saturated carbocycles. The van der Waals surface area contributed by atoms with Crippen LogP contribution < -0.4 is 10.2 Å². The molecule has 0 unspecified atom stereocenters. The number of hydrogen-bond acceptors (Lipinski definition) is 7. The van der Waals surface area contributed by atoms with Crippen molar-refractivity contribution >= 4 is 46.1 Å². The summed E-state index contributed by atoms with van der Waals surface area (Å²) in [6, 6.07) is 5.58. The van der Waals surface area contributed by atoms with Crippen molar-refractivity contribution in [1.29, 1.82) is 0 Å². The first-order valence-corrected chi connectivity index (χ1v) is 11.2. The number of amides is 1. The van der Waals surface area contributed by atoms with Gasteiger partial charge in [-0.25, -0.2) is 27.9 Å². The van der Waals surface area contributed by atoms with Gasteiger partial charge in [-0.1, -0.05) is 11.6 Å². The highest BCUT2D eigenvalue weighted by Crippen LogP contribution is 2.26. The first-order valence-electron chi connectivity index (χ1n) is 10.8. The number of rotatable bonds is 5. The fraction of sp³-hybridized carbons (Fsp3) is 0.318. The van der Waals surface area contributed by atoms with Crippen LogP contribution in [0.25, 0.3) is 11.0 Å². The molecule has 1 fully saturated rings. The Labute approximate surface area is 216 Å². The number of anilines is 2. The van der Waals surface area contributed by atoms with E-state index in [1.54, 1.807) is 18.5 Å². The Bertz CT molecular complexity index is 1300. The SMILES string of the molecule is O=C(O)C(F)(F)F.O=C(c1ccc(Cl)cc1F)N1CCN(c2nc3cnccc3nc2NCC(F)F)CC1. The third kappa shape index (κ3) is 7.34. The standard InChI is InChI=1S/C20H18ClF3N6O.C2HF3O2/c21-12-1-2-13(14(22)9-12)20(31)30-7-5-29(6-8-30)19-18(26-11-17(23)24)27-15-3-4-25-10-16(15)28-19;3-2(4,5)1(6)7/h1-4,9-10,17H,5-8,11H2,(H,26,27);(H,6,7). The number of benzene rings is 1. The molecular weight excluding hydrogens is 546 g/mol. The number of aliphatic carboxylic acids is 1. The molecule has 1 aliphatic rings. The molecule has 2 aromatic heterocycles. The van der Waals surface area contributed by atoms with Crippen molar-refractivity contribution in [2.75, 3.05) is 42.9 Å². The van der Waals surface area contributed by atoms with Crippen LogP contribution >= 0.6 is 11.6 Å². The van der Waals surface area contributed by atoms with Gasteiger partial charge < -0.3 is 20.2 Å². The monoisotopic (exact) mass is 564 g/mol. The summed E-state index contributed by atoms with van der Waals surface area (Å²) in [5.74, 6) is -3.22. The maximum Gasteiger partial charge on any atom is 0.490 e. The summed E-state index contributed by atoms with van der Waals surface area (Å²) in [6.45, 7) is 0.811. The van der Waals surface area contributed by atoms with Gasteiger partial charge in [0.1, 0.15) is 11.3 Å². The van der Waals surface area contributed by atoms with Crippen molar-refractivity contribution in [3.63, 3.8) is 0 Å². The minimum atomic E-state index is -5.08. The maximum absolute atomic E-state index is 14.1. The van der Waals surface area contributed by atoms with Crippen LogP contribution in [0.3, 0.4) is 0 Å². The smallest absolute Gasteiger partial charge is 0.475 e. The van der Waals surface area contributed by atoms with Crippen molar-refractivity contribution in [2.45, 2.75) is 12.6 Å². The fourth-order valence-corrected chi connectivity index (χ4v) is 3.52. The van der Waals surface area contributed by atoms with Gasteiger partial charge in [0, 0.05) is 37.4 Å². The molecule has 38 heavy (non-hydrogen) atoms. The number of carboxylic acids is 1. The largest absolute Gasteiger partial charge is 0.490 e. The number of alkyl halides is 5. The summed E-state index contributed by atoms with van der Waals surface area (Å²) in [4.78, 5) is 38.0. The summed E-state index contributed by atoms with van der Waals surface area (Å²) in [5.41, 5.74) is 1.01. The minimum absolute atomic E-state index is 0.0475. The number of carbonyl (C=O) groups excluding carboxylic acids is 1. The van der Waals surface area contributed by atoms with E-state index in [2.05, 4.69) is 20.3 Å². The molecule has 0 aliphatic carbocycles. The van der Waals surface area contributed by atoms with Crippen LogP contribution in [0, 0.1) is 5.82 Å². The van der Waals surface area contributed by atoms with Crippen molar-refractivity contribution < 1.29 is 41.0 Å². The second-order valence-corrected chi connectivity index (χ2v) is 8.17. The van der Waals surface area contributed by atoms with Crippen LogP contribution in [0.1, 0.15) is 10.4 Å². The van der Waals surface area contributed by atoms with Crippen LogP contribution in [0.2, 0.25) is 5.02 Å². The van der Waals surface area contributed by atoms with E-state index in [0.717, 1.165) is 6.07 Å². The average molecular weight is 565 g/mol. The predicted molar refractivity (Wildman–Crippen MR) is 125 cm³/mol. The molecule has 3 aromatic rings. The molecule has 1 aliphatic heterocycles. The second-order valence-electron chi connectivity index (χ2n) is 7.74. The number of carboxylic acid groups (broad SMARTS) is 1. The molecule has 0 atom stereocenters. The lowest BCUT2D eigenvalue weighted by molar-refractivity contribution is -0.192. The van der Waals surface area contributed by atoms with Crippen LogP contribution in [-0.2, 0) is 4.79 Å². The van der Waals surface area contributed by atoms with Crippen molar-refractivity contribution in [2.24, 2.45) is 0 Å². The molecule has 3 heterocycles. The number of nitrogens with one attached hydrogen (secondary N) is 1. The van der Waals surface area contributed by atoms with E-state index >= 15 is 0 Å². The van der Waals surface area contributed by atoms with Crippen molar-refractivity contribution in [3.8, 4) is 0 Å². The lowest BCUT2D eigenvalue weighted by atomic mass is 10.1. The van der Waals surface area contributed by atoms with Crippen molar-refractivity contribution in [1.82, 2.24) is 19.9 Å². The number of aromatic nitrogens is 3. The number of pyridine rings is 1. The molecular formula is C22H19ClF6N6O3. The Hall–Kier alpha value is -3.88. The van der Waals surface area contributed by atoms with Crippen LogP contribution in [-0.4, -0.2) is 82.2 Å². The lowest BCUT2D eigenvalue weighted by Gasteiger charge is -2.36. The fourth-order valence-electron chi connectivity index (χ4n) is 3.36. The summed E-state index contributed by atoms with van der Waals surface area (Å²) >= 11 is 5.75. The Morgan fingerprint density at radius 2 is 1.74 bits per heavy atom. The summed E-state index contributed by atoms with van der Waals surface area (Å²) in [7, 11) is 0. The molecule has 0 radical (unpaired) electrons. The molecule has 9 nitrogen and oxygen atoms in total. The third-order valence-corrected chi connectivity index (χ3v) is 5.38. The molecule has 0 bridgehead atoms. The normalized spacial score (nSPS) is 13.8. The van der Waals surface area contributed by atoms with Crippen LogP contribution in [0.4, 0.5) is 38.0 Å². The molecule has 2 N–H and O–H groups in total. The van der Waals surface area contributed by atoms with Gasteiger partial charge in [0.25, 0.3) is 12.3 Å². The van der Waals surface area contributed by atoms with Gasteiger partial charge in [-0.15, -0.1) is 0 Å². The molecule has 4 rings (SSSR count). The molecule has 0 spiro atoms. The maximum atomic E-state index is 14.1. The average Bonchev–Trinajstić information content (AvgIpc) is 2.86. The van der Waals surface area contributed by atoms with E-state index in [-0.39, 0.29) is 16.4 Å². The number of fused-ring (bicyclic) bond motifs is 1. The molecule has 1 saturated heterocycles. The molecule has 1 amide bonds. The second kappa shape index (κ2) is 12.1. The third-order valence-electron chi connectivity index (χ3n) is 5.14. The quantitative estimate of drug-likeness (QED) is 0.446. The van der Waals surface area contributed by atoms with Gasteiger partial charge in [0.2, 0.25) is 0 Å². The van der Waals surface area contributed by atoms with E-state index < -0.39 is 36.8 Å². The zero-order chi connectivity index (χ0) is 28.0. The highest BCUT2D eigenvalue weighted by molar-refractivity contribution is 6.30. The van der Waals surface area contributed by atoms with E-state index in [9.17, 15) is 31.1 Å². The Morgan fingerprint density at radius 3 is 2.32 bits per heavy atom. The van der Waals surface area contributed by atoms with Gasteiger partial charge in [-0.3, -0.25) is 9.78 Å². The minimum Gasteiger partial charge on any atom is -0.475 e. The highest BCUT2D eigenvalue weighted by Gasteiger charge is 2.38. The van der Waals surface area contributed by atoms with E-state index in [1.165, 1.54) is 17.0 Å². The summed E-state index contributed by atoms with van der Waals surface area (Å²) in [6.07, 6.45) is -4.54. The summed E-state index contributed by atoms with van der Waals surface area (Å²) < 4.78 is 71.3. The number of piperazine rings is 1. The molecule has 1 aromatic carbocycles. The van der Waals surface area contributed by atoms with Gasteiger partial charge in [0.15, 0.2) is 11.6 Å². The number of nitrogens with zero attached hydrogens (tertiary/aromatic N) is 5. The van der Waals surface area contributed by atoms with Crippen LogP contribution in [0.15, 0.2) is 36.7 Å². The number of hydrogen-bond donors (Lipinski definition) is 2. The van der Waals surface area contributed by atoms with Gasteiger partial charge in [-0.2, -0.15) is 13.2 Å². The van der Waals surface area contributed by atoms with Gasteiger partial charge in [0.05, 0.1) is 23.8 Å². The van der Waals surface area contributed by atoms with E-state index in [4.69, 9.17) is 21.5 Å². The number of carbonyl (C=O) groups is 2. The van der Waals surface area contributed by atoms with E-state index in [1.807, 2.05) is 4.90 Å². The van der Waals surface area contributed by atoms with E-state index in [0.29, 0.717) is 43.0 Å². The van der Waals surface area contributed by atoms with Gasteiger partial charge in [-0.05, 0) is 24.3 Å². The first-order chi connectivity index (χ1) is 17.9.